The first-order valence-electron chi connectivity index (χ1n) is 13.1. The van der Waals surface area contributed by atoms with Gasteiger partial charge in [0.25, 0.3) is 0 Å². The molecule has 2 aliphatic heterocycles. The topological polar surface area (TPSA) is 53.2 Å². The van der Waals surface area contributed by atoms with E-state index in [0.29, 0.717) is 16.9 Å². The second kappa shape index (κ2) is 8.50. The van der Waals surface area contributed by atoms with E-state index < -0.39 is 0 Å². The number of amides is 2. The van der Waals surface area contributed by atoms with E-state index in [0.717, 1.165) is 15.4 Å². The summed E-state index contributed by atoms with van der Waals surface area (Å²) in [6, 6.07) is 28.8. The molecule has 4 aliphatic rings. The maximum atomic E-state index is 13.8. The predicted octanol–water partition coefficient (Wildman–Crippen LogP) is 7.15. The molecule has 4 nitrogen and oxygen atoms in total. The normalized spacial score (nSPS) is 30.8. The summed E-state index contributed by atoms with van der Waals surface area (Å²) in [6.45, 7) is 0. The highest BCUT2D eigenvalue weighted by Gasteiger charge is 2.69. The first kappa shape index (κ1) is 22.9. The van der Waals surface area contributed by atoms with Gasteiger partial charge < -0.3 is 4.98 Å². The second-order valence-electron chi connectivity index (χ2n) is 10.8. The maximum Gasteiger partial charge on any atom is 0.238 e. The van der Waals surface area contributed by atoms with E-state index in [1.165, 1.54) is 26.5 Å². The monoisotopic (exact) mass is 552 g/mol. The van der Waals surface area contributed by atoms with Gasteiger partial charge in [-0.15, -0.1) is 23.1 Å². The maximum absolute atomic E-state index is 13.8. The molecule has 0 spiro atoms. The van der Waals surface area contributed by atoms with E-state index in [1.54, 1.807) is 11.3 Å². The number of nitrogens with one attached hydrogen (secondary N) is 1. The van der Waals surface area contributed by atoms with Gasteiger partial charge in [0.15, 0.2) is 3.95 Å². The smallest absolute Gasteiger partial charge is 0.238 e. The van der Waals surface area contributed by atoms with Crippen LogP contribution in [-0.4, -0.2) is 22.0 Å². The van der Waals surface area contributed by atoms with E-state index in [9.17, 15) is 9.59 Å². The number of hydrogen-bond acceptors (Lipinski definition) is 5. The third kappa shape index (κ3) is 3.19. The molecule has 1 aromatic heterocycles. The molecule has 3 aromatic carbocycles. The Morgan fingerprint density at radius 2 is 1.42 bits per heavy atom. The molecule has 1 N–H and O–H groups in total. The summed E-state index contributed by atoms with van der Waals surface area (Å²) in [6.07, 6.45) is 0.950. The minimum Gasteiger partial charge on any atom is -0.332 e. The van der Waals surface area contributed by atoms with Gasteiger partial charge in [-0.1, -0.05) is 72.8 Å². The van der Waals surface area contributed by atoms with E-state index in [4.69, 9.17) is 12.2 Å². The summed E-state index contributed by atoms with van der Waals surface area (Å²) in [7, 11) is 0. The lowest BCUT2D eigenvalue weighted by Gasteiger charge is -2.43. The number of imide groups is 1. The fourth-order valence-corrected chi connectivity index (χ4v) is 11.1. The minimum atomic E-state index is -0.228. The van der Waals surface area contributed by atoms with Crippen molar-refractivity contribution in [2.45, 2.75) is 22.6 Å². The van der Waals surface area contributed by atoms with Gasteiger partial charge in [0.05, 0.1) is 22.5 Å². The third-order valence-corrected chi connectivity index (χ3v) is 12.1. The fraction of sp³-hybridized carbons (Fsp3) is 0.258. The lowest BCUT2D eigenvalue weighted by Crippen LogP contribution is -2.42. The molecule has 3 heterocycles. The highest BCUT2D eigenvalue weighted by Crippen LogP contribution is 2.69. The van der Waals surface area contributed by atoms with Crippen molar-refractivity contribution in [3.05, 3.63) is 99.3 Å². The largest absolute Gasteiger partial charge is 0.332 e. The number of fused-ring (bicyclic) bond motifs is 9. The number of para-hydroxylation sites is 1. The Hall–Kier alpha value is -3.00. The number of carbonyl (C=O) groups is 2. The van der Waals surface area contributed by atoms with Crippen molar-refractivity contribution in [3.63, 3.8) is 0 Å². The van der Waals surface area contributed by atoms with Crippen LogP contribution in [0, 0.1) is 33.5 Å². The summed E-state index contributed by atoms with van der Waals surface area (Å²) in [4.78, 5) is 33.8. The predicted molar refractivity (Wildman–Crippen MR) is 154 cm³/mol. The van der Waals surface area contributed by atoms with Crippen molar-refractivity contribution in [2.75, 3.05) is 4.90 Å². The molecule has 7 unspecified atom stereocenters. The Morgan fingerprint density at radius 1 is 0.789 bits per heavy atom. The van der Waals surface area contributed by atoms with Gasteiger partial charge in [-0.25, -0.2) is 0 Å². The van der Waals surface area contributed by atoms with E-state index in [-0.39, 0.29) is 41.4 Å². The van der Waals surface area contributed by atoms with Gasteiger partial charge >= 0.3 is 0 Å². The van der Waals surface area contributed by atoms with Gasteiger partial charge in [0.2, 0.25) is 11.8 Å². The van der Waals surface area contributed by atoms with Crippen LogP contribution in [0.25, 0.3) is 11.1 Å². The number of thiazole rings is 1. The van der Waals surface area contributed by atoms with Crippen molar-refractivity contribution in [1.29, 1.82) is 0 Å². The van der Waals surface area contributed by atoms with Gasteiger partial charge in [0.1, 0.15) is 0 Å². The van der Waals surface area contributed by atoms with Crippen molar-refractivity contribution in [3.8, 4) is 11.1 Å². The number of rotatable bonds is 3. The Balaban J connectivity index is 1.20. The number of aromatic nitrogens is 1. The summed E-state index contributed by atoms with van der Waals surface area (Å²) in [5.41, 5.74) is 4.37. The van der Waals surface area contributed by atoms with Crippen molar-refractivity contribution >= 4 is 52.8 Å². The van der Waals surface area contributed by atoms with E-state index in [2.05, 4.69) is 53.5 Å². The van der Waals surface area contributed by atoms with Crippen LogP contribution in [0.3, 0.4) is 0 Å². The highest BCUT2D eigenvalue weighted by atomic mass is 32.2. The molecule has 4 aromatic rings. The molecular formula is C31H24N2O2S3. The van der Waals surface area contributed by atoms with Crippen molar-refractivity contribution in [1.82, 2.24) is 4.98 Å². The molecule has 1 saturated heterocycles. The lowest BCUT2D eigenvalue weighted by molar-refractivity contribution is -0.123. The summed E-state index contributed by atoms with van der Waals surface area (Å²) >= 11 is 9.13. The highest BCUT2D eigenvalue weighted by molar-refractivity contribution is 8.00. The molecule has 7 atom stereocenters. The number of hydrogen-bond donors (Lipinski definition) is 1. The Bertz CT molecular complexity index is 1630. The Kier molecular flexibility index (Phi) is 5.13. The fourth-order valence-electron chi connectivity index (χ4n) is 7.74. The molecule has 3 fully saturated rings. The summed E-state index contributed by atoms with van der Waals surface area (Å²) in [5.74, 6) is 0.402. The summed E-state index contributed by atoms with van der Waals surface area (Å²) < 4.78 is 0.795. The molecule has 2 amide bonds. The average Bonchev–Trinajstić information content (AvgIpc) is 3.68. The van der Waals surface area contributed by atoms with Crippen LogP contribution in [0.1, 0.15) is 22.8 Å². The molecule has 7 heteroatoms. The number of carbonyl (C=O) groups excluding carboxylic acids is 2. The summed E-state index contributed by atoms with van der Waals surface area (Å²) in [5, 5.41) is 1.44. The first-order chi connectivity index (χ1) is 18.6. The zero-order chi connectivity index (χ0) is 25.5. The van der Waals surface area contributed by atoms with Crippen LogP contribution in [0.5, 0.6) is 0 Å². The standard InChI is InChI=1S/C31H24N2O2S3/c34-29-24-20-15-21(25(24)30(35)33(29)19-9-5-2-6-10-19)26-23(20)22(27-28(37-26)32-31(36)38-27)18-13-11-17(12-14-18)16-7-3-1-4-8-16/h1-14,20-26H,15H2,(H,32,36). The zero-order valence-corrected chi connectivity index (χ0v) is 22.8. The third-order valence-electron chi connectivity index (χ3n) is 9.12. The zero-order valence-electron chi connectivity index (χ0n) is 20.3. The van der Waals surface area contributed by atoms with Crippen LogP contribution >= 0.6 is 35.3 Å². The molecule has 8 rings (SSSR count). The van der Waals surface area contributed by atoms with Gasteiger partial charge in [0, 0.05) is 16.0 Å². The quantitative estimate of drug-likeness (QED) is 0.217. The number of H-pyrrole nitrogens is 1. The first-order valence-corrected chi connectivity index (χ1v) is 15.2. The van der Waals surface area contributed by atoms with Crippen LogP contribution < -0.4 is 4.90 Å². The van der Waals surface area contributed by atoms with Gasteiger partial charge in [-0.05, 0) is 65.2 Å². The second-order valence-corrected chi connectivity index (χ2v) is 13.7. The minimum absolute atomic E-state index is 0.00665. The number of nitrogens with zero attached hydrogens (tertiary/aromatic N) is 1. The Morgan fingerprint density at radius 3 is 2.13 bits per heavy atom. The number of aromatic amines is 1. The Labute approximate surface area is 234 Å². The van der Waals surface area contributed by atoms with Gasteiger partial charge in [-0.3, -0.25) is 14.5 Å². The van der Waals surface area contributed by atoms with Crippen molar-refractivity contribution in [2.24, 2.45) is 29.6 Å². The SMILES string of the molecule is O=C1C2C3CC(C2C(=O)N1c1ccccc1)C1C(c2ccc(-c4ccccc4)cc2)c2sc(=S)[nH]c2SC31. The number of anilines is 1. The molecule has 2 bridgehead atoms. The molecule has 188 valence electrons. The van der Waals surface area contributed by atoms with Crippen LogP contribution in [0.2, 0.25) is 0 Å². The van der Waals surface area contributed by atoms with E-state index in [1.807, 2.05) is 48.2 Å². The van der Waals surface area contributed by atoms with Gasteiger partial charge in [-0.2, -0.15) is 0 Å². The number of thioether (sulfide) groups is 1. The molecular weight excluding hydrogens is 529 g/mol. The molecule has 38 heavy (non-hydrogen) atoms. The molecule has 2 aliphatic carbocycles. The van der Waals surface area contributed by atoms with Crippen molar-refractivity contribution < 1.29 is 9.59 Å². The van der Waals surface area contributed by atoms with E-state index >= 15 is 0 Å². The van der Waals surface area contributed by atoms with Crippen LogP contribution in [0.15, 0.2) is 90.0 Å². The molecule has 0 radical (unpaired) electrons. The average molecular weight is 553 g/mol. The number of benzene rings is 3. The molecule has 2 saturated carbocycles. The van der Waals surface area contributed by atoms with Crippen LogP contribution in [0.4, 0.5) is 5.69 Å². The lowest BCUT2D eigenvalue weighted by atomic mass is 9.68. The van der Waals surface area contributed by atoms with Crippen LogP contribution in [-0.2, 0) is 9.59 Å².